The van der Waals surface area contributed by atoms with Gasteiger partial charge in [0.05, 0.1) is 16.3 Å². The van der Waals surface area contributed by atoms with Crippen LogP contribution in [0.1, 0.15) is 42.2 Å². The molecule has 0 spiro atoms. The molecule has 1 saturated carbocycles. The maximum Gasteiger partial charge on any atom is 0.150 e. The number of halogens is 1. The summed E-state index contributed by atoms with van der Waals surface area (Å²) >= 11 is 7.91. The fraction of sp³-hybridized carbons (Fsp3) is 0.692. The van der Waals surface area contributed by atoms with Gasteiger partial charge in [0, 0.05) is 11.1 Å². The average Bonchev–Trinajstić information content (AvgIpc) is 2.72. The number of thiophene rings is 1. The van der Waals surface area contributed by atoms with Crippen LogP contribution in [0.25, 0.3) is 0 Å². The lowest BCUT2D eigenvalue weighted by molar-refractivity contribution is 0.277. The van der Waals surface area contributed by atoms with E-state index < -0.39 is 9.84 Å². The van der Waals surface area contributed by atoms with Gasteiger partial charge < -0.3 is 0 Å². The molecule has 0 radical (unpaired) electrons. The largest absolute Gasteiger partial charge is 0.271 e. The lowest BCUT2D eigenvalue weighted by atomic mass is 9.83. The third kappa shape index (κ3) is 3.36. The van der Waals surface area contributed by atoms with Crippen LogP contribution in [-0.2, 0) is 9.84 Å². The summed E-state index contributed by atoms with van der Waals surface area (Å²) in [6.45, 7) is 1.97. The Morgan fingerprint density at radius 2 is 2.20 bits per heavy atom. The molecule has 114 valence electrons. The maximum atomic E-state index is 11.8. The molecule has 1 aromatic rings. The zero-order valence-corrected chi connectivity index (χ0v) is 14.1. The lowest BCUT2D eigenvalue weighted by Crippen LogP contribution is -2.38. The SMILES string of the molecule is Cc1csc(C(NN)C2CCCC(S(C)(=O)=O)C2)c1Cl. The number of sulfone groups is 1. The zero-order valence-electron chi connectivity index (χ0n) is 11.7. The van der Waals surface area contributed by atoms with Crippen molar-refractivity contribution >= 4 is 32.8 Å². The Morgan fingerprint density at radius 1 is 1.50 bits per heavy atom. The summed E-state index contributed by atoms with van der Waals surface area (Å²) in [4.78, 5) is 1.02. The molecule has 4 nitrogen and oxygen atoms in total. The molecule has 1 aromatic heterocycles. The van der Waals surface area contributed by atoms with Crippen molar-refractivity contribution in [3.63, 3.8) is 0 Å². The van der Waals surface area contributed by atoms with Crippen LogP contribution >= 0.6 is 22.9 Å². The van der Waals surface area contributed by atoms with Gasteiger partial charge in [-0.05, 0) is 43.0 Å². The van der Waals surface area contributed by atoms with Crippen molar-refractivity contribution in [3.05, 3.63) is 20.8 Å². The van der Waals surface area contributed by atoms with E-state index >= 15 is 0 Å². The highest BCUT2D eigenvalue weighted by Crippen LogP contribution is 2.41. The number of hydrazine groups is 1. The second kappa shape index (κ2) is 6.32. The zero-order chi connectivity index (χ0) is 14.9. The Bertz CT molecular complexity index is 571. The summed E-state index contributed by atoms with van der Waals surface area (Å²) in [7, 11) is -2.99. The van der Waals surface area contributed by atoms with E-state index in [0.29, 0.717) is 6.42 Å². The molecule has 0 saturated heterocycles. The molecule has 3 N–H and O–H groups in total. The lowest BCUT2D eigenvalue weighted by Gasteiger charge is -2.33. The number of nitrogens with one attached hydrogen (secondary N) is 1. The van der Waals surface area contributed by atoms with Gasteiger partial charge in [0.2, 0.25) is 0 Å². The van der Waals surface area contributed by atoms with Crippen LogP contribution in [-0.4, -0.2) is 19.9 Å². The van der Waals surface area contributed by atoms with Gasteiger partial charge in [-0.3, -0.25) is 11.3 Å². The Kier molecular flexibility index (Phi) is 5.13. The first-order valence-corrected chi connectivity index (χ1v) is 9.94. The molecule has 1 aliphatic carbocycles. The van der Waals surface area contributed by atoms with Crippen molar-refractivity contribution in [1.82, 2.24) is 5.43 Å². The minimum atomic E-state index is -2.99. The van der Waals surface area contributed by atoms with Crippen molar-refractivity contribution in [3.8, 4) is 0 Å². The predicted molar refractivity (Wildman–Crippen MR) is 84.7 cm³/mol. The fourth-order valence-electron chi connectivity index (χ4n) is 2.96. The van der Waals surface area contributed by atoms with Crippen LogP contribution < -0.4 is 11.3 Å². The van der Waals surface area contributed by atoms with E-state index in [1.807, 2.05) is 12.3 Å². The van der Waals surface area contributed by atoms with Crippen LogP contribution in [0.2, 0.25) is 5.02 Å². The van der Waals surface area contributed by atoms with E-state index in [0.717, 1.165) is 34.7 Å². The second-order valence-corrected chi connectivity index (χ2v) is 9.23. The second-order valence-electron chi connectivity index (χ2n) is 5.62. The molecule has 1 fully saturated rings. The smallest absolute Gasteiger partial charge is 0.150 e. The van der Waals surface area contributed by atoms with Crippen molar-refractivity contribution in [2.75, 3.05) is 6.26 Å². The van der Waals surface area contributed by atoms with Gasteiger partial charge >= 0.3 is 0 Å². The summed E-state index contributed by atoms with van der Waals surface area (Å²) in [6.07, 6.45) is 4.63. The van der Waals surface area contributed by atoms with Crippen LogP contribution in [0.5, 0.6) is 0 Å². The summed E-state index contributed by atoms with van der Waals surface area (Å²) < 4.78 is 23.6. The molecule has 3 unspecified atom stereocenters. The van der Waals surface area contributed by atoms with Gasteiger partial charge in [0.1, 0.15) is 9.84 Å². The van der Waals surface area contributed by atoms with Crippen molar-refractivity contribution in [2.45, 2.75) is 43.9 Å². The number of hydrogen-bond acceptors (Lipinski definition) is 5. The van der Waals surface area contributed by atoms with E-state index in [9.17, 15) is 8.42 Å². The molecule has 0 amide bonds. The molecule has 3 atom stereocenters. The molecule has 7 heteroatoms. The van der Waals surface area contributed by atoms with Gasteiger partial charge in [-0.1, -0.05) is 18.0 Å². The van der Waals surface area contributed by atoms with Crippen LogP contribution in [0.15, 0.2) is 5.38 Å². The average molecular weight is 337 g/mol. The Labute approximate surface area is 129 Å². The molecule has 0 aromatic carbocycles. The highest BCUT2D eigenvalue weighted by molar-refractivity contribution is 7.91. The number of rotatable bonds is 4. The van der Waals surface area contributed by atoms with E-state index in [4.69, 9.17) is 17.4 Å². The van der Waals surface area contributed by atoms with Crippen molar-refractivity contribution in [1.29, 1.82) is 0 Å². The van der Waals surface area contributed by atoms with Crippen LogP contribution in [0.4, 0.5) is 0 Å². The fourth-order valence-corrected chi connectivity index (χ4v) is 5.61. The first-order valence-electron chi connectivity index (χ1n) is 6.73. The van der Waals surface area contributed by atoms with Gasteiger partial charge in [0.15, 0.2) is 0 Å². The number of aryl methyl sites for hydroxylation is 1. The van der Waals surface area contributed by atoms with E-state index in [1.54, 1.807) is 11.3 Å². The third-order valence-electron chi connectivity index (χ3n) is 4.13. The molecular weight excluding hydrogens is 316 g/mol. The van der Waals surface area contributed by atoms with Crippen molar-refractivity contribution in [2.24, 2.45) is 11.8 Å². The highest BCUT2D eigenvalue weighted by Gasteiger charge is 2.34. The predicted octanol–water partition coefficient (Wildman–Crippen LogP) is 2.82. The summed E-state index contributed by atoms with van der Waals surface area (Å²) in [5.41, 5.74) is 3.89. The topological polar surface area (TPSA) is 72.2 Å². The molecular formula is C13H21ClN2O2S2. The van der Waals surface area contributed by atoms with Gasteiger partial charge in [-0.15, -0.1) is 11.3 Å². The Morgan fingerprint density at radius 3 is 2.70 bits per heavy atom. The summed E-state index contributed by atoms with van der Waals surface area (Å²) in [5, 5.41) is 2.51. The van der Waals surface area contributed by atoms with Gasteiger partial charge in [-0.2, -0.15) is 0 Å². The normalized spacial score (nSPS) is 25.6. The minimum absolute atomic E-state index is 0.0641. The quantitative estimate of drug-likeness (QED) is 0.655. The van der Waals surface area contributed by atoms with Gasteiger partial charge in [-0.25, -0.2) is 8.42 Å². The van der Waals surface area contributed by atoms with Gasteiger partial charge in [0.25, 0.3) is 0 Å². The molecule has 20 heavy (non-hydrogen) atoms. The number of hydrogen-bond donors (Lipinski definition) is 2. The summed E-state index contributed by atoms with van der Waals surface area (Å²) in [6, 6.07) is -0.0641. The first kappa shape index (κ1) is 16.2. The number of nitrogens with two attached hydrogens (primary N) is 1. The monoisotopic (exact) mass is 336 g/mol. The molecule has 1 heterocycles. The molecule has 1 aliphatic rings. The molecule has 2 rings (SSSR count). The van der Waals surface area contributed by atoms with Crippen LogP contribution in [0.3, 0.4) is 0 Å². The maximum absolute atomic E-state index is 11.8. The Balaban J connectivity index is 2.22. The summed E-state index contributed by atoms with van der Waals surface area (Å²) in [5.74, 6) is 5.93. The van der Waals surface area contributed by atoms with E-state index in [-0.39, 0.29) is 17.2 Å². The van der Waals surface area contributed by atoms with Crippen molar-refractivity contribution < 1.29 is 8.42 Å². The van der Waals surface area contributed by atoms with Crippen LogP contribution in [0, 0.1) is 12.8 Å². The standard InChI is InChI=1S/C13H21ClN2O2S2/c1-8-7-19-13(11(8)14)12(16-15)9-4-3-5-10(6-9)20(2,17)18/h7,9-10,12,16H,3-6,15H2,1-2H3. The minimum Gasteiger partial charge on any atom is -0.271 e. The third-order valence-corrected chi connectivity index (χ3v) is 7.57. The molecule has 0 aliphatic heterocycles. The molecule has 0 bridgehead atoms. The highest BCUT2D eigenvalue weighted by atomic mass is 35.5. The van der Waals surface area contributed by atoms with E-state index in [1.165, 1.54) is 6.26 Å². The first-order chi connectivity index (χ1) is 9.34. The Hall–Kier alpha value is -0.140. The van der Waals surface area contributed by atoms with E-state index in [2.05, 4.69) is 5.43 Å².